The van der Waals surface area contributed by atoms with E-state index in [1.165, 1.54) is 5.56 Å². The molecule has 0 amide bonds. The van der Waals surface area contributed by atoms with Gasteiger partial charge < -0.3 is 5.73 Å². The molecule has 0 aliphatic heterocycles. The smallest absolute Gasteiger partial charge is 0.0496 e. The Hall–Kier alpha value is -0.380. The molecule has 1 aromatic carbocycles. The predicted octanol–water partition coefficient (Wildman–Crippen LogP) is 3.96. The van der Waals surface area contributed by atoms with Gasteiger partial charge in [-0.1, -0.05) is 41.9 Å². The number of benzene rings is 1. The molecule has 0 saturated heterocycles. The number of hydrogen-bond acceptors (Lipinski definition) is 2. The molecule has 0 aromatic heterocycles. The molecule has 3 heteroatoms. The van der Waals surface area contributed by atoms with Gasteiger partial charge in [0.1, 0.15) is 0 Å². The summed E-state index contributed by atoms with van der Waals surface area (Å²) < 4.78 is 1.11. The lowest BCUT2D eigenvalue weighted by Gasteiger charge is -2.37. The van der Waals surface area contributed by atoms with Crippen LogP contribution < -0.4 is 5.73 Å². The van der Waals surface area contributed by atoms with Crippen molar-refractivity contribution in [2.45, 2.75) is 51.7 Å². The average molecular weight is 313 g/mol. The lowest BCUT2D eigenvalue weighted by molar-refractivity contribution is 0.146. The van der Waals surface area contributed by atoms with E-state index in [2.05, 4.69) is 72.9 Å². The van der Waals surface area contributed by atoms with Crippen LogP contribution in [0.5, 0.6) is 0 Å². The Balaban J connectivity index is 2.98. The van der Waals surface area contributed by atoms with Gasteiger partial charge in [-0.3, -0.25) is 4.90 Å². The molecule has 18 heavy (non-hydrogen) atoms. The predicted molar refractivity (Wildman–Crippen MR) is 82.7 cm³/mol. The molecule has 0 aliphatic rings. The standard InChI is InChI=1S/C15H25BrN2/c1-5-14(6-2)18(4)15(11(3)17)12-7-9-13(16)10-8-12/h7-11,14-15H,5-6,17H2,1-4H3. The molecule has 2 N–H and O–H groups in total. The second-order valence-electron chi connectivity index (χ2n) is 4.99. The van der Waals surface area contributed by atoms with E-state index in [1.807, 2.05) is 0 Å². The summed E-state index contributed by atoms with van der Waals surface area (Å²) in [4.78, 5) is 2.42. The number of likely N-dealkylation sites (N-methyl/N-ethyl adjacent to an activating group) is 1. The van der Waals surface area contributed by atoms with Gasteiger partial charge in [-0.15, -0.1) is 0 Å². The highest BCUT2D eigenvalue weighted by Gasteiger charge is 2.25. The minimum atomic E-state index is 0.122. The lowest BCUT2D eigenvalue weighted by Crippen LogP contribution is -2.42. The fourth-order valence-electron chi connectivity index (χ4n) is 2.66. The van der Waals surface area contributed by atoms with Gasteiger partial charge in [0.05, 0.1) is 0 Å². The van der Waals surface area contributed by atoms with Crippen molar-refractivity contribution in [3.05, 3.63) is 34.3 Å². The fourth-order valence-corrected chi connectivity index (χ4v) is 2.93. The maximum Gasteiger partial charge on any atom is 0.0496 e. The van der Waals surface area contributed by atoms with Crippen LogP contribution in [0.1, 0.15) is 45.2 Å². The first-order chi connectivity index (χ1) is 8.51. The number of rotatable bonds is 6. The molecule has 2 unspecified atom stereocenters. The molecule has 0 heterocycles. The molecule has 0 bridgehead atoms. The highest BCUT2D eigenvalue weighted by Crippen LogP contribution is 2.27. The number of nitrogens with zero attached hydrogens (tertiary/aromatic N) is 1. The maximum atomic E-state index is 6.20. The second kappa shape index (κ2) is 7.27. The van der Waals surface area contributed by atoms with Gasteiger partial charge in [0, 0.05) is 22.6 Å². The molecule has 2 nitrogen and oxygen atoms in total. The summed E-state index contributed by atoms with van der Waals surface area (Å²) >= 11 is 3.48. The molecule has 1 aromatic rings. The first-order valence-electron chi connectivity index (χ1n) is 6.74. The van der Waals surface area contributed by atoms with Gasteiger partial charge in [-0.2, -0.15) is 0 Å². The Morgan fingerprint density at radius 3 is 2.06 bits per heavy atom. The van der Waals surface area contributed by atoms with E-state index in [4.69, 9.17) is 5.73 Å². The Morgan fingerprint density at radius 2 is 1.67 bits per heavy atom. The van der Waals surface area contributed by atoms with Gasteiger partial charge in [0.2, 0.25) is 0 Å². The average Bonchev–Trinajstić information content (AvgIpc) is 2.33. The van der Waals surface area contributed by atoms with Crippen molar-refractivity contribution in [1.29, 1.82) is 0 Å². The van der Waals surface area contributed by atoms with Crippen LogP contribution in [0.3, 0.4) is 0 Å². The number of halogens is 1. The summed E-state index contributed by atoms with van der Waals surface area (Å²) in [5.74, 6) is 0. The lowest BCUT2D eigenvalue weighted by atomic mass is 9.97. The molecule has 0 spiro atoms. The molecular weight excluding hydrogens is 288 g/mol. The number of nitrogens with two attached hydrogens (primary N) is 1. The van der Waals surface area contributed by atoms with E-state index in [-0.39, 0.29) is 12.1 Å². The first-order valence-corrected chi connectivity index (χ1v) is 7.53. The Morgan fingerprint density at radius 1 is 1.17 bits per heavy atom. The SMILES string of the molecule is CCC(CC)N(C)C(c1ccc(Br)cc1)C(C)N. The maximum absolute atomic E-state index is 6.20. The van der Waals surface area contributed by atoms with Gasteiger partial charge in [0.25, 0.3) is 0 Å². The van der Waals surface area contributed by atoms with E-state index in [1.54, 1.807) is 0 Å². The fraction of sp³-hybridized carbons (Fsp3) is 0.600. The molecule has 0 fully saturated rings. The topological polar surface area (TPSA) is 29.3 Å². The van der Waals surface area contributed by atoms with Gasteiger partial charge in [-0.25, -0.2) is 0 Å². The zero-order valence-corrected chi connectivity index (χ0v) is 13.4. The Kier molecular flexibility index (Phi) is 6.33. The quantitative estimate of drug-likeness (QED) is 0.861. The van der Waals surface area contributed by atoms with Crippen molar-refractivity contribution in [2.75, 3.05) is 7.05 Å². The zero-order valence-electron chi connectivity index (χ0n) is 11.9. The normalized spacial score (nSPS) is 15.1. The summed E-state index contributed by atoms with van der Waals surface area (Å²) in [5.41, 5.74) is 7.50. The van der Waals surface area contributed by atoms with Gasteiger partial charge >= 0.3 is 0 Å². The second-order valence-corrected chi connectivity index (χ2v) is 5.91. The molecule has 2 atom stereocenters. The zero-order chi connectivity index (χ0) is 13.7. The van der Waals surface area contributed by atoms with Crippen molar-refractivity contribution >= 4 is 15.9 Å². The summed E-state index contributed by atoms with van der Waals surface area (Å²) in [6.45, 7) is 6.57. The van der Waals surface area contributed by atoms with Crippen LogP contribution in [-0.2, 0) is 0 Å². The van der Waals surface area contributed by atoms with Gasteiger partial charge in [0.15, 0.2) is 0 Å². The minimum absolute atomic E-state index is 0.122. The Bertz CT molecular complexity index is 344. The van der Waals surface area contributed by atoms with E-state index >= 15 is 0 Å². The molecular formula is C15H25BrN2. The first kappa shape index (κ1) is 15.7. The number of hydrogen-bond donors (Lipinski definition) is 1. The largest absolute Gasteiger partial charge is 0.326 e. The molecule has 0 radical (unpaired) electrons. The van der Waals surface area contributed by atoms with Crippen molar-refractivity contribution in [3.63, 3.8) is 0 Å². The van der Waals surface area contributed by atoms with Crippen LogP contribution in [-0.4, -0.2) is 24.0 Å². The summed E-state index contributed by atoms with van der Waals surface area (Å²) in [6, 6.07) is 9.50. The van der Waals surface area contributed by atoms with Crippen LogP contribution in [0.25, 0.3) is 0 Å². The molecule has 1 rings (SSSR count). The third-order valence-electron chi connectivity index (χ3n) is 3.67. The summed E-state index contributed by atoms with van der Waals surface area (Å²) in [7, 11) is 2.19. The van der Waals surface area contributed by atoms with Crippen molar-refractivity contribution < 1.29 is 0 Å². The van der Waals surface area contributed by atoms with Crippen LogP contribution >= 0.6 is 15.9 Å². The van der Waals surface area contributed by atoms with Crippen LogP contribution in [0, 0.1) is 0 Å². The Labute approximate surface area is 120 Å². The van der Waals surface area contributed by atoms with E-state index in [0.29, 0.717) is 6.04 Å². The monoisotopic (exact) mass is 312 g/mol. The van der Waals surface area contributed by atoms with Gasteiger partial charge in [-0.05, 0) is 44.5 Å². The van der Waals surface area contributed by atoms with Crippen LogP contribution in [0.4, 0.5) is 0 Å². The van der Waals surface area contributed by atoms with Crippen molar-refractivity contribution in [2.24, 2.45) is 5.73 Å². The highest BCUT2D eigenvalue weighted by molar-refractivity contribution is 9.10. The minimum Gasteiger partial charge on any atom is -0.326 e. The van der Waals surface area contributed by atoms with Crippen molar-refractivity contribution in [3.8, 4) is 0 Å². The molecule has 0 aliphatic carbocycles. The summed E-state index contributed by atoms with van der Waals surface area (Å²) in [5, 5.41) is 0. The van der Waals surface area contributed by atoms with E-state index < -0.39 is 0 Å². The van der Waals surface area contributed by atoms with Crippen molar-refractivity contribution in [1.82, 2.24) is 4.90 Å². The highest BCUT2D eigenvalue weighted by atomic mass is 79.9. The van der Waals surface area contributed by atoms with Crippen LogP contribution in [0.15, 0.2) is 28.7 Å². The van der Waals surface area contributed by atoms with E-state index in [0.717, 1.165) is 17.3 Å². The third-order valence-corrected chi connectivity index (χ3v) is 4.20. The van der Waals surface area contributed by atoms with E-state index in [9.17, 15) is 0 Å². The summed E-state index contributed by atoms with van der Waals surface area (Å²) in [6.07, 6.45) is 2.32. The molecule has 102 valence electrons. The molecule has 0 saturated carbocycles. The third kappa shape index (κ3) is 3.81. The van der Waals surface area contributed by atoms with Crippen LogP contribution in [0.2, 0.25) is 0 Å².